The van der Waals surface area contributed by atoms with Gasteiger partial charge in [-0.25, -0.2) is 0 Å². The Hall–Kier alpha value is 0.683. The fraction of sp³-hybridized carbons (Fsp3) is 0.500. The Balaban J connectivity index is 4.36. The predicted molar refractivity (Wildman–Crippen MR) is 79.7 cm³/mol. The minimum atomic E-state index is -1.19. The lowest BCUT2D eigenvalue weighted by Gasteiger charge is -2.28. The van der Waals surface area contributed by atoms with Crippen LogP contribution in [-0.2, 0) is 0 Å². The molecular weight excluding hydrogens is 276 g/mol. The smallest absolute Gasteiger partial charge is 0.307 e. The molecule has 0 unspecified atom stereocenters. The highest BCUT2D eigenvalue weighted by Gasteiger charge is 2.27. The summed E-state index contributed by atoms with van der Waals surface area (Å²) in [5.41, 5.74) is 0. The van der Waals surface area contributed by atoms with Crippen LogP contribution in [0.15, 0.2) is 38.0 Å². The van der Waals surface area contributed by atoms with Crippen LogP contribution in [0.3, 0.4) is 0 Å². The normalized spacial score (nSPS) is 10.5. The zero-order valence-electron chi connectivity index (χ0n) is 9.68. The third kappa shape index (κ3) is 6.77. The summed E-state index contributed by atoms with van der Waals surface area (Å²) >= 11 is 3.69. The number of hydrogen-bond donors (Lipinski definition) is 0. The van der Waals surface area contributed by atoms with Crippen molar-refractivity contribution < 1.29 is 0 Å². The molecule has 0 aliphatic carbocycles. The topological polar surface area (TPSA) is 0 Å². The summed E-state index contributed by atoms with van der Waals surface area (Å²) in [5, 5.41) is 0. The molecule has 0 saturated heterocycles. The second-order valence-electron chi connectivity index (χ2n) is 4.12. The number of hydrogen-bond acceptors (Lipinski definition) is 0. The SMILES string of the molecule is C=CC[Si](CC=C)(CC=C)CC[CH2][Mg][Br]. The Morgan fingerprint density at radius 1 is 1.00 bits per heavy atom. The zero-order chi connectivity index (χ0) is 11.6. The average Bonchev–Trinajstić information content (AvgIpc) is 2.19. The summed E-state index contributed by atoms with van der Waals surface area (Å²) in [7, 11) is -1.19. The Bertz CT molecular complexity index is 177. The van der Waals surface area contributed by atoms with E-state index >= 15 is 0 Å². The molecule has 0 aromatic carbocycles. The maximum Gasteiger partial charge on any atom is 0.468 e. The van der Waals surface area contributed by atoms with Gasteiger partial charge in [0.05, 0.1) is 8.07 Å². The van der Waals surface area contributed by atoms with Crippen molar-refractivity contribution in [2.45, 2.75) is 35.1 Å². The molecule has 0 nitrogen and oxygen atoms in total. The first-order valence-electron chi connectivity index (χ1n) is 5.63. The molecule has 3 heteroatoms. The number of halogens is 1. The maximum atomic E-state index is 3.90. The Kier molecular flexibility index (Phi) is 10.3. The molecular formula is C12H21BrMgSi. The van der Waals surface area contributed by atoms with Crippen LogP contribution in [0.25, 0.3) is 0 Å². The summed E-state index contributed by atoms with van der Waals surface area (Å²) in [6.07, 6.45) is 7.69. The van der Waals surface area contributed by atoms with Gasteiger partial charge < -0.3 is 12.9 Å². The van der Waals surface area contributed by atoms with E-state index in [1.165, 1.54) is 35.1 Å². The fourth-order valence-corrected chi connectivity index (χ4v) is 8.15. The molecule has 0 spiro atoms. The summed E-state index contributed by atoms with van der Waals surface area (Å²) < 4.78 is 1.42. The maximum absolute atomic E-state index is 3.90. The lowest BCUT2D eigenvalue weighted by molar-refractivity contribution is 1.02. The summed E-state index contributed by atoms with van der Waals surface area (Å²) in [6, 6.07) is 5.06. The highest BCUT2D eigenvalue weighted by Crippen LogP contribution is 2.29. The predicted octanol–water partition coefficient (Wildman–Crippen LogP) is 4.82. The van der Waals surface area contributed by atoms with Crippen LogP contribution >= 0.6 is 12.9 Å². The lowest BCUT2D eigenvalue weighted by Crippen LogP contribution is -2.31. The first-order chi connectivity index (χ1) is 7.24. The van der Waals surface area contributed by atoms with Crippen molar-refractivity contribution in [1.29, 1.82) is 0 Å². The molecule has 0 aliphatic heterocycles. The number of allylic oxidation sites excluding steroid dienone is 3. The average molecular weight is 298 g/mol. The largest absolute Gasteiger partial charge is 0.468 e. The van der Waals surface area contributed by atoms with Gasteiger partial charge in [0, 0.05) is 0 Å². The molecule has 0 heterocycles. The van der Waals surface area contributed by atoms with E-state index in [0.29, 0.717) is 0 Å². The van der Waals surface area contributed by atoms with Crippen LogP contribution in [0.4, 0.5) is 0 Å². The van der Waals surface area contributed by atoms with Crippen LogP contribution in [0.5, 0.6) is 0 Å². The Morgan fingerprint density at radius 3 is 1.80 bits per heavy atom. The van der Waals surface area contributed by atoms with Gasteiger partial charge in [-0.2, -0.15) is 0 Å². The van der Waals surface area contributed by atoms with Crippen molar-refractivity contribution >= 4 is 39.2 Å². The number of rotatable bonds is 10. The summed E-state index contributed by atoms with van der Waals surface area (Å²) in [5.74, 6) is 0. The third-order valence-corrected chi connectivity index (χ3v) is 10.2. The molecule has 0 aromatic rings. The molecule has 0 radical (unpaired) electrons. The Labute approximate surface area is 112 Å². The van der Waals surface area contributed by atoms with E-state index in [4.69, 9.17) is 0 Å². The lowest BCUT2D eigenvalue weighted by atomic mass is 10.6. The molecule has 0 N–H and O–H groups in total. The van der Waals surface area contributed by atoms with E-state index in [1.54, 1.807) is 0 Å². The molecule has 15 heavy (non-hydrogen) atoms. The minimum Gasteiger partial charge on any atom is -0.307 e. The molecule has 0 saturated carbocycles. The second kappa shape index (κ2) is 9.88. The summed E-state index contributed by atoms with van der Waals surface area (Å²) in [6.45, 7) is 11.7. The van der Waals surface area contributed by atoms with Crippen LogP contribution in [0, 0.1) is 0 Å². The second-order valence-corrected chi connectivity index (χ2v) is 12.3. The minimum absolute atomic E-state index is 0.0604. The van der Waals surface area contributed by atoms with E-state index in [1.807, 2.05) is 0 Å². The van der Waals surface area contributed by atoms with Crippen molar-refractivity contribution in [1.82, 2.24) is 0 Å². The molecule has 0 bridgehead atoms. The van der Waals surface area contributed by atoms with Gasteiger partial charge in [-0.05, 0) is 18.1 Å². The van der Waals surface area contributed by atoms with Crippen LogP contribution in [0.2, 0.25) is 28.7 Å². The third-order valence-electron chi connectivity index (χ3n) is 2.82. The van der Waals surface area contributed by atoms with Gasteiger partial charge in [0.1, 0.15) is 0 Å². The molecule has 82 valence electrons. The van der Waals surface area contributed by atoms with E-state index in [2.05, 4.69) is 50.8 Å². The van der Waals surface area contributed by atoms with Crippen molar-refractivity contribution in [3.63, 3.8) is 0 Å². The summed E-state index contributed by atoms with van der Waals surface area (Å²) in [4.78, 5) is 0. The van der Waals surface area contributed by atoms with Gasteiger partial charge in [-0.1, -0.05) is 30.7 Å². The first kappa shape index (κ1) is 15.7. The molecule has 0 atom stereocenters. The van der Waals surface area contributed by atoms with Crippen LogP contribution in [0.1, 0.15) is 6.42 Å². The van der Waals surface area contributed by atoms with Gasteiger partial charge in [0.25, 0.3) is 0 Å². The van der Waals surface area contributed by atoms with Gasteiger partial charge in [0.15, 0.2) is 0 Å². The van der Waals surface area contributed by atoms with Gasteiger partial charge in [-0.15, -0.1) is 24.3 Å². The van der Waals surface area contributed by atoms with E-state index in [-0.39, 0.29) is 18.2 Å². The Morgan fingerprint density at radius 2 is 1.47 bits per heavy atom. The van der Waals surface area contributed by atoms with Gasteiger partial charge in [-0.3, -0.25) is 0 Å². The molecule has 0 rings (SSSR count). The van der Waals surface area contributed by atoms with Crippen molar-refractivity contribution in [2.75, 3.05) is 0 Å². The van der Waals surface area contributed by atoms with Crippen molar-refractivity contribution in [3.8, 4) is 0 Å². The standard InChI is InChI=1S/C12H21Si.BrH.Mg/c1-5-9-13(10-6-2,11-7-3)12-8-4;;/h5-7H,1-4,8-12H2;1H;/q;;+1/p-1. The zero-order valence-corrected chi connectivity index (χ0v) is 13.7. The molecule has 0 amide bonds. The van der Waals surface area contributed by atoms with Crippen LogP contribution < -0.4 is 0 Å². The van der Waals surface area contributed by atoms with Gasteiger partial charge in [0.2, 0.25) is 0 Å². The van der Waals surface area contributed by atoms with E-state index in [9.17, 15) is 0 Å². The first-order valence-corrected chi connectivity index (χ1v) is 13.4. The molecule has 0 aliphatic rings. The molecule has 0 aromatic heterocycles. The van der Waals surface area contributed by atoms with Gasteiger partial charge >= 0.3 is 18.2 Å². The van der Waals surface area contributed by atoms with Crippen LogP contribution in [-0.4, -0.2) is 26.3 Å². The fourth-order valence-electron chi connectivity index (χ4n) is 2.07. The van der Waals surface area contributed by atoms with Crippen molar-refractivity contribution in [2.24, 2.45) is 0 Å². The van der Waals surface area contributed by atoms with Crippen molar-refractivity contribution in [3.05, 3.63) is 38.0 Å². The molecule has 0 fully saturated rings. The van der Waals surface area contributed by atoms with E-state index < -0.39 is 8.07 Å². The monoisotopic (exact) mass is 296 g/mol. The van der Waals surface area contributed by atoms with E-state index in [0.717, 1.165) is 0 Å². The highest BCUT2D eigenvalue weighted by molar-refractivity contribution is 9.23. The quantitative estimate of drug-likeness (QED) is 0.308. The highest BCUT2D eigenvalue weighted by atomic mass is 79.9.